The van der Waals surface area contributed by atoms with E-state index in [1.165, 1.54) is 16.4 Å². The Hall–Kier alpha value is -2.98. The molecular formula is C22H27N5O4S. The number of H-pyrrole nitrogens is 1. The normalized spacial score (nSPS) is 17.2. The lowest BCUT2D eigenvalue weighted by molar-refractivity contribution is -0.385. The molecule has 10 heteroatoms. The predicted molar refractivity (Wildman–Crippen MR) is 123 cm³/mol. The second-order valence-electron chi connectivity index (χ2n) is 7.92. The summed E-state index contributed by atoms with van der Waals surface area (Å²) >= 11 is 0. The average molecular weight is 458 g/mol. The number of aromatic nitrogens is 2. The zero-order valence-electron chi connectivity index (χ0n) is 18.2. The molecule has 1 aromatic heterocycles. The number of imidazole rings is 1. The Morgan fingerprint density at radius 3 is 2.66 bits per heavy atom. The molecule has 1 fully saturated rings. The zero-order valence-corrected chi connectivity index (χ0v) is 19.0. The summed E-state index contributed by atoms with van der Waals surface area (Å²) in [7, 11) is -3.88. The number of piperidine rings is 1. The largest absolute Gasteiger partial charge is 0.370 e. The van der Waals surface area contributed by atoms with Crippen molar-refractivity contribution in [3.05, 3.63) is 58.4 Å². The summed E-state index contributed by atoms with van der Waals surface area (Å²) in [5.41, 5.74) is 2.15. The lowest BCUT2D eigenvalue weighted by atomic mass is 9.97. The summed E-state index contributed by atoms with van der Waals surface area (Å²) in [6.07, 6.45) is 1.80. The minimum atomic E-state index is -3.88. The minimum absolute atomic E-state index is 0.0133. The van der Waals surface area contributed by atoms with Crippen molar-refractivity contribution in [3.8, 4) is 0 Å². The molecule has 1 atom stereocenters. The molecule has 3 aromatic rings. The van der Waals surface area contributed by atoms with Gasteiger partial charge in [-0.05, 0) is 31.0 Å². The Labute approximate surface area is 187 Å². The predicted octanol–water partition coefficient (Wildman–Crippen LogP) is 3.89. The van der Waals surface area contributed by atoms with Crippen LogP contribution in [-0.4, -0.2) is 53.8 Å². The number of non-ortho nitro benzene ring substituents is 1. The van der Waals surface area contributed by atoms with Crippen LogP contribution in [0.2, 0.25) is 0 Å². The second kappa shape index (κ2) is 8.87. The van der Waals surface area contributed by atoms with E-state index < -0.39 is 14.9 Å². The second-order valence-corrected chi connectivity index (χ2v) is 9.83. The molecule has 9 nitrogen and oxygen atoms in total. The van der Waals surface area contributed by atoms with Gasteiger partial charge in [0.15, 0.2) is 0 Å². The molecule has 2 aromatic carbocycles. The molecule has 0 aliphatic carbocycles. The maximum atomic E-state index is 13.4. The first kappa shape index (κ1) is 22.2. The van der Waals surface area contributed by atoms with Gasteiger partial charge in [-0.3, -0.25) is 10.1 Å². The van der Waals surface area contributed by atoms with Gasteiger partial charge in [-0.2, -0.15) is 4.31 Å². The molecule has 32 heavy (non-hydrogen) atoms. The van der Waals surface area contributed by atoms with Crippen LogP contribution in [0.3, 0.4) is 0 Å². The van der Waals surface area contributed by atoms with E-state index in [0.29, 0.717) is 31.9 Å². The highest BCUT2D eigenvalue weighted by Crippen LogP contribution is 2.36. The fourth-order valence-corrected chi connectivity index (χ4v) is 6.06. The third-order valence-electron chi connectivity index (χ3n) is 6.03. The number of sulfonamides is 1. The summed E-state index contributed by atoms with van der Waals surface area (Å²) in [6, 6.07) is 12.0. The van der Waals surface area contributed by atoms with Crippen molar-refractivity contribution >= 4 is 32.4 Å². The van der Waals surface area contributed by atoms with Gasteiger partial charge in [-0.1, -0.05) is 26.0 Å². The summed E-state index contributed by atoms with van der Waals surface area (Å²) in [5.74, 6) is 0.987. The summed E-state index contributed by atoms with van der Waals surface area (Å²) in [4.78, 5) is 20.9. The molecule has 0 unspecified atom stereocenters. The monoisotopic (exact) mass is 457 g/mol. The fourth-order valence-electron chi connectivity index (χ4n) is 4.37. The number of hydrogen-bond acceptors (Lipinski definition) is 6. The van der Waals surface area contributed by atoms with Gasteiger partial charge in [-0.15, -0.1) is 0 Å². The van der Waals surface area contributed by atoms with Gasteiger partial charge in [-0.25, -0.2) is 13.4 Å². The molecule has 0 bridgehead atoms. The van der Waals surface area contributed by atoms with Crippen molar-refractivity contribution < 1.29 is 13.3 Å². The van der Waals surface area contributed by atoms with Gasteiger partial charge < -0.3 is 9.88 Å². The van der Waals surface area contributed by atoms with Gasteiger partial charge in [0.05, 0.1) is 21.6 Å². The van der Waals surface area contributed by atoms with Gasteiger partial charge >= 0.3 is 0 Å². The fraction of sp³-hybridized carbons (Fsp3) is 0.409. The molecule has 0 radical (unpaired) electrons. The summed E-state index contributed by atoms with van der Waals surface area (Å²) in [6.45, 7) is 5.37. The first-order chi connectivity index (χ1) is 15.3. The molecule has 0 saturated carbocycles. The van der Waals surface area contributed by atoms with Gasteiger partial charge in [0.2, 0.25) is 10.0 Å². The van der Waals surface area contributed by atoms with E-state index in [4.69, 9.17) is 4.98 Å². The van der Waals surface area contributed by atoms with E-state index in [2.05, 4.69) is 4.98 Å². The van der Waals surface area contributed by atoms with Crippen molar-refractivity contribution in [1.82, 2.24) is 14.3 Å². The molecule has 0 spiro atoms. The van der Waals surface area contributed by atoms with E-state index in [0.717, 1.165) is 29.7 Å². The van der Waals surface area contributed by atoms with Gasteiger partial charge in [0.25, 0.3) is 5.69 Å². The van der Waals surface area contributed by atoms with E-state index in [1.54, 1.807) is 19.9 Å². The van der Waals surface area contributed by atoms with Crippen LogP contribution in [0.1, 0.15) is 38.4 Å². The van der Waals surface area contributed by atoms with Crippen molar-refractivity contribution in [1.29, 1.82) is 0 Å². The average Bonchev–Trinajstić information content (AvgIpc) is 3.24. The third-order valence-corrected chi connectivity index (χ3v) is 8.11. The number of benzene rings is 2. The molecule has 0 amide bonds. The van der Waals surface area contributed by atoms with Crippen LogP contribution in [0.25, 0.3) is 11.0 Å². The number of hydrogen-bond donors (Lipinski definition) is 1. The van der Waals surface area contributed by atoms with Crippen LogP contribution in [0.15, 0.2) is 47.4 Å². The van der Waals surface area contributed by atoms with E-state index in [9.17, 15) is 18.5 Å². The first-order valence-corrected chi connectivity index (χ1v) is 12.3. The number of nitrogens with one attached hydrogen (secondary N) is 1. The van der Waals surface area contributed by atoms with Crippen molar-refractivity contribution in [2.75, 3.05) is 31.1 Å². The topological polar surface area (TPSA) is 112 Å². The van der Waals surface area contributed by atoms with Crippen molar-refractivity contribution in [3.63, 3.8) is 0 Å². The number of aromatic amines is 1. The highest BCUT2D eigenvalue weighted by atomic mass is 32.2. The van der Waals surface area contributed by atoms with Crippen molar-refractivity contribution in [2.24, 2.45) is 0 Å². The number of anilines is 1. The SMILES string of the molecule is CCN(CC)S(=O)(=O)c1cc([N+](=O)[O-])ccc1N1CCC[C@@H](c2nc3ccccc3[nH]2)C1. The summed E-state index contributed by atoms with van der Waals surface area (Å²) in [5, 5.41) is 11.4. The maximum absolute atomic E-state index is 13.4. The highest BCUT2D eigenvalue weighted by molar-refractivity contribution is 7.89. The smallest absolute Gasteiger partial charge is 0.270 e. The first-order valence-electron chi connectivity index (χ1n) is 10.8. The van der Waals surface area contributed by atoms with E-state index in [-0.39, 0.29) is 16.5 Å². The molecule has 1 aliphatic rings. The van der Waals surface area contributed by atoms with Crippen molar-refractivity contribution in [2.45, 2.75) is 37.5 Å². The molecule has 1 aliphatic heterocycles. The van der Waals surface area contributed by atoms with Crippen LogP contribution < -0.4 is 4.90 Å². The standard InChI is InChI=1S/C22H27N5O4S/c1-3-26(4-2)32(30,31)21-14-17(27(28)29)11-12-20(21)25-13-7-8-16(15-25)22-23-18-9-5-6-10-19(18)24-22/h5-6,9-12,14,16H,3-4,7-8,13,15H2,1-2H3,(H,23,24)/t16-/m1/s1. The van der Waals surface area contributed by atoms with Gasteiger partial charge in [0, 0.05) is 44.2 Å². The number of nitro benzene ring substituents is 1. The zero-order chi connectivity index (χ0) is 22.9. The van der Waals surface area contributed by atoms with Crippen LogP contribution in [0.5, 0.6) is 0 Å². The lowest BCUT2D eigenvalue weighted by Gasteiger charge is -2.35. The van der Waals surface area contributed by atoms with Crippen LogP contribution in [-0.2, 0) is 10.0 Å². The Bertz CT molecular complexity index is 1200. The molecular weight excluding hydrogens is 430 g/mol. The lowest BCUT2D eigenvalue weighted by Crippen LogP contribution is -2.37. The number of para-hydroxylation sites is 2. The maximum Gasteiger partial charge on any atom is 0.270 e. The Morgan fingerprint density at radius 2 is 1.97 bits per heavy atom. The van der Waals surface area contributed by atoms with E-state index in [1.807, 2.05) is 29.2 Å². The number of fused-ring (bicyclic) bond motifs is 1. The molecule has 170 valence electrons. The summed E-state index contributed by atoms with van der Waals surface area (Å²) < 4.78 is 28.0. The van der Waals surface area contributed by atoms with Crippen LogP contribution in [0.4, 0.5) is 11.4 Å². The molecule has 2 heterocycles. The Balaban J connectivity index is 1.72. The Kier molecular flexibility index (Phi) is 6.16. The third kappa shape index (κ3) is 4.07. The highest BCUT2D eigenvalue weighted by Gasteiger charge is 2.32. The van der Waals surface area contributed by atoms with Crippen LogP contribution >= 0.6 is 0 Å². The number of nitro groups is 1. The molecule has 1 N–H and O–H groups in total. The van der Waals surface area contributed by atoms with Gasteiger partial charge in [0.1, 0.15) is 10.7 Å². The molecule has 1 saturated heterocycles. The molecule has 4 rings (SSSR count). The minimum Gasteiger partial charge on any atom is -0.370 e. The number of rotatable bonds is 7. The quantitative estimate of drug-likeness (QED) is 0.425. The number of nitrogens with zero attached hydrogens (tertiary/aromatic N) is 4. The van der Waals surface area contributed by atoms with E-state index >= 15 is 0 Å². The van der Waals surface area contributed by atoms with Crippen LogP contribution in [0, 0.1) is 10.1 Å². The Morgan fingerprint density at radius 1 is 1.22 bits per heavy atom.